The van der Waals surface area contributed by atoms with Gasteiger partial charge in [0.15, 0.2) is 5.65 Å². The van der Waals surface area contributed by atoms with Crippen molar-refractivity contribution in [2.24, 2.45) is 0 Å². The van der Waals surface area contributed by atoms with Crippen molar-refractivity contribution in [3.05, 3.63) is 23.1 Å². The number of aromatic nitrogens is 3. The summed E-state index contributed by atoms with van der Waals surface area (Å²) in [5, 5.41) is 0.507. The van der Waals surface area contributed by atoms with E-state index in [4.69, 9.17) is 11.6 Å². The second-order valence-electron chi connectivity index (χ2n) is 4.64. The van der Waals surface area contributed by atoms with E-state index in [0.29, 0.717) is 5.15 Å². The number of hydrogen-bond donors (Lipinski definition) is 0. The van der Waals surface area contributed by atoms with Gasteiger partial charge in [-0.05, 0) is 39.8 Å². The number of fused-ring (bicyclic) bond motifs is 1. The van der Waals surface area contributed by atoms with Crippen molar-refractivity contribution in [3.8, 4) is 0 Å². The first-order valence-corrected chi connectivity index (χ1v) is 5.29. The van der Waals surface area contributed by atoms with Gasteiger partial charge in [0.1, 0.15) is 16.5 Å². The van der Waals surface area contributed by atoms with Gasteiger partial charge in [0.25, 0.3) is 0 Å². The second kappa shape index (κ2) is 3.20. The lowest BCUT2D eigenvalue weighted by atomic mass is 10.1. The van der Waals surface area contributed by atoms with E-state index in [0.717, 1.165) is 17.0 Å². The van der Waals surface area contributed by atoms with Gasteiger partial charge in [0.05, 0.1) is 0 Å². The first-order valence-electron chi connectivity index (χ1n) is 4.91. The van der Waals surface area contributed by atoms with Crippen molar-refractivity contribution in [3.63, 3.8) is 0 Å². The van der Waals surface area contributed by atoms with Crippen molar-refractivity contribution >= 4 is 22.8 Å². The summed E-state index contributed by atoms with van der Waals surface area (Å²) < 4.78 is 2.11. The largest absolute Gasteiger partial charge is 0.308 e. The summed E-state index contributed by atoms with van der Waals surface area (Å²) in [6, 6.07) is 3.67. The molecule has 0 saturated heterocycles. The molecule has 0 aliphatic rings. The molecule has 0 fully saturated rings. The van der Waals surface area contributed by atoms with Crippen molar-refractivity contribution in [1.29, 1.82) is 0 Å². The van der Waals surface area contributed by atoms with Gasteiger partial charge in [0, 0.05) is 5.54 Å². The Morgan fingerprint density at radius 2 is 1.87 bits per heavy atom. The average Bonchev–Trinajstić information content (AvgIpc) is 2.38. The highest BCUT2D eigenvalue weighted by atomic mass is 35.5. The fraction of sp³-hybridized carbons (Fsp3) is 0.455. The zero-order valence-electron chi connectivity index (χ0n) is 9.37. The standard InChI is InChI=1S/C11H14ClN3/c1-7-13-8-5-6-9(12)14-10(8)15(7)11(2,3)4/h5-6H,1-4H3. The molecule has 0 radical (unpaired) electrons. The molecule has 2 rings (SSSR count). The van der Waals surface area contributed by atoms with Crippen LogP contribution in [0.25, 0.3) is 11.2 Å². The number of hydrogen-bond acceptors (Lipinski definition) is 2. The maximum Gasteiger partial charge on any atom is 0.162 e. The molecule has 0 bridgehead atoms. The zero-order chi connectivity index (χ0) is 11.2. The third kappa shape index (κ3) is 1.72. The van der Waals surface area contributed by atoms with Crippen LogP contribution >= 0.6 is 11.6 Å². The van der Waals surface area contributed by atoms with Crippen LogP contribution in [0.3, 0.4) is 0 Å². The highest BCUT2D eigenvalue weighted by Crippen LogP contribution is 2.24. The van der Waals surface area contributed by atoms with Gasteiger partial charge in [-0.3, -0.25) is 0 Å². The molecule has 0 amide bonds. The number of aryl methyl sites for hydroxylation is 1. The lowest BCUT2D eigenvalue weighted by Gasteiger charge is -2.22. The Hall–Kier alpha value is -1.09. The maximum absolute atomic E-state index is 5.90. The molecule has 0 aliphatic heterocycles. The highest BCUT2D eigenvalue weighted by molar-refractivity contribution is 6.29. The lowest BCUT2D eigenvalue weighted by molar-refractivity contribution is 0.397. The molecule has 0 aliphatic carbocycles. The summed E-state index contributed by atoms with van der Waals surface area (Å²) in [5.74, 6) is 0.965. The number of rotatable bonds is 0. The average molecular weight is 224 g/mol. The van der Waals surface area contributed by atoms with Gasteiger partial charge in [-0.2, -0.15) is 0 Å². The number of imidazole rings is 1. The van der Waals surface area contributed by atoms with E-state index in [9.17, 15) is 0 Å². The summed E-state index contributed by atoms with van der Waals surface area (Å²) in [4.78, 5) is 8.79. The van der Waals surface area contributed by atoms with Gasteiger partial charge >= 0.3 is 0 Å². The fourth-order valence-electron chi connectivity index (χ4n) is 1.85. The summed E-state index contributed by atoms with van der Waals surface area (Å²) >= 11 is 5.90. The molecule has 0 N–H and O–H groups in total. The van der Waals surface area contributed by atoms with Gasteiger partial charge < -0.3 is 4.57 Å². The first-order chi connectivity index (χ1) is 6.89. The van der Waals surface area contributed by atoms with E-state index in [2.05, 4.69) is 35.3 Å². The summed E-state index contributed by atoms with van der Waals surface area (Å²) in [7, 11) is 0. The minimum Gasteiger partial charge on any atom is -0.308 e. The zero-order valence-corrected chi connectivity index (χ0v) is 10.1. The van der Waals surface area contributed by atoms with Crippen LogP contribution in [0.2, 0.25) is 5.15 Å². The van der Waals surface area contributed by atoms with Crippen LogP contribution in [0.1, 0.15) is 26.6 Å². The molecular weight excluding hydrogens is 210 g/mol. The number of halogens is 1. The Labute approximate surface area is 94.1 Å². The van der Waals surface area contributed by atoms with Crippen LogP contribution in [-0.2, 0) is 5.54 Å². The maximum atomic E-state index is 5.90. The Bertz CT molecular complexity index is 508. The van der Waals surface area contributed by atoms with Crippen molar-refractivity contribution < 1.29 is 0 Å². The van der Waals surface area contributed by atoms with Crippen LogP contribution in [0.15, 0.2) is 12.1 Å². The van der Waals surface area contributed by atoms with Crippen LogP contribution in [0.5, 0.6) is 0 Å². The van der Waals surface area contributed by atoms with E-state index in [1.165, 1.54) is 0 Å². The topological polar surface area (TPSA) is 30.7 Å². The van der Waals surface area contributed by atoms with Crippen molar-refractivity contribution in [2.45, 2.75) is 33.2 Å². The van der Waals surface area contributed by atoms with Crippen LogP contribution in [0.4, 0.5) is 0 Å². The minimum absolute atomic E-state index is 0.0312. The third-order valence-corrected chi connectivity index (χ3v) is 2.52. The highest BCUT2D eigenvalue weighted by Gasteiger charge is 2.20. The Morgan fingerprint density at radius 3 is 2.47 bits per heavy atom. The van der Waals surface area contributed by atoms with E-state index in [1.54, 1.807) is 6.07 Å². The summed E-state index contributed by atoms with van der Waals surface area (Å²) in [6.45, 7) is 8.37. The quantitative estimate of drug-likeness (QED) is 0.643. The molecule has 15 heavy (non-hydrogen) atoms. The molecule has 0 atom stereocenters. The molecule has 80 valence electrons. The Balaban J connectivity index is 2.82. The molecule has 2 aromatic rings. The van der Waals surface area contributed by atoms with E-state index in [1.807, 2.05) is 13.0 Å². The van der Waals surface area contributed by atoms with Crippen LogP contribution in [-0.4, -0.2) is 14.5 Å². The molecule has 2 heterocycles. The van der Waals surface area contributed by atoms with Gasteiger partial charge in [-0.1, -0.05) is 11.6 Å². The van der Waals surface area contributed by atoms with Crippen LogP contribution in [0, 0.1) is 6.92 Å². The fourth-order valence-corrected chi connectivity index (χ4v) is 1.99. The SMILES string of the molecule is Cc1nc2ccc(Cl)nc2n1C(C)(C)C. The van der Waals surface area contributed by atoms with Gasteiger partial charge in [-0.25, -0.2) is 9.97 Å². The molecular formula is C11H14ClN3. The molecule has 4 heteroatoms. The third-order valence-electron chi connectivity index (χ3n) is 2.31. The van der Waals surface area contributed by atoms with Crippen molar-refractivity contribution in [1.82, 2.24) is 14.5 Å². The molecule has 0 unspecified atom stereocenters. The Kier molecular flexibility index (Phi) is 2.23. The van der Waals surface area contributed by atoms with E-state index < -0.39 is 0 Å². The molecule has 3 nitrogen and oxygen atoms in total. The predicted octanol–water partition coefficient (Wildman–Crippen LogP) is 3.15. The van der Waals surface area contributed by atoms with Gasteiger partial charge in [0.2, 0.25) is 0 Å². The van der Waals surface area contributed by atoms with E-state index >= 15 is 0 Å². The molecule has 0 spiro atoms. The lowest BCUT2D eigenvalue weighted by Crippen LogP contribution is -2.23. The monoisotopic (exact) mass is 223 g/mol. The number of pyridine rings is 1. The summed E-state index contributed by atoms with van der Waals surface area (Å²) in [6.07, 6.45) is 0. The first kappa shape index (κ1) is 10.4. The van der Waals surface area contributed by atoms with Gasteiger partial charge in [-0.15, -0.1) is 0 Å². The normalized spacial score (nSPS) is 12.3. The van der Waals surface area contributed by atoms with Crippen molar-refractivity contribution in [2.75, 3.05) is 0 Å². The predicted molar refractivity (Wildman–Crippen MR) is 62.3 cm³/mol. The summed E-state index contributed by atoms with van der Waals surface area (Å²) in [5.41, 5.74) is 1.72. The molecule has 0 saturated carbocycles. The Morgan fingerprint density at radius 1 is 1.20 bits per heavy atom. The molecule has 2 aromatic heterocycles. The van der Waals surface area contributed by atoms with E-state index in [-0.39, 0.29) is 5.54 Å². The molecule has 0 aromatic carbocycles. The van der Waals surface area contributed by atoms with Crippen LogP contribution < -0.4 is 0 Å². The smallest absolute Gasteiger partial charge is 0.162 e. The minimum atomic E-state index is -0.0312. The number of nitrogens with zero attached hydrogens (tertiary/aromatic N) is 3. The second-order valence-corrected chi connectivity index (χ2v) is 5.03.